The van der Waals surface area contributed by atoms with Crippen molar-refractivity contribution in [3.05, 3.63) is 53.1 Å². The molecule has 0 spiro atoms. The van der Waals surface area contributed by atoms with Crippen molar-refractivity contribution in [3.8, 4) is 0 Å². The maximum absolute atomic E-state index is 12.5. The van der Waals surface area contributed by atoms with Gasteiger partial charge in [-0.3, -0.25) is 4.79 Å². The number of anilines is 3. The summed E-state index contributed by atoms with van der Waals surface area (Å²) in [5.74, 6) is 1.17. The van der Waals surface area contributed by atoms with Crippen LogP contribution >= 0.6 is 0 Å². The number of nitrogens with one attached hydrogen (secondary N) is 4. The van der Waals surface area contributed by atoms with Gasteiger partial charge in [0.1, 0.15) is 11.6 Å². The maximum Gasteiger partial charge on any atom is 0.275 e. The maximum atomic E-state index is 12.5. The normalized spacial score (nSPS) is 19.5. The fraction of sp³-hybridized carbons (Fsp3) is 0.286. The second kappa shape index (κ2) is 7.21. The van der Waals surface area contributed by atoms with Crippen LogP contribution < -0.4 is 21.9 Å². The molecule has 0 amide bonds. The highest BCUT2D eigenvalue weighted by Gasteiger charge is 2.22. The van der Waals surface area contributed by atoms with E-state index < -0.39 is 0 Å². The van der Waals surface area contributed by atoms with Gasteiger partial charge in [0, 0.05) is 29.1 Å². The molecule has 29 heavy (non-hydrogen) atoms. The lowest BCUT2D eigenvalue weighted by atomic mass is 9.91. The summed E-state index contributed by atoms with van der Waals surface area (Å²) >= 11 is 0. The molecule has 1 aromatic carbocycles. The van der Waals surface area contributed by atoms with Crippen LogP contribution in [-0.2, 0) is 0 Å². The summed E-state index contributed by atoms with van der Waals surface area (Å²) < 4.78 is 0. The van der Waals surface area contributed by atoms with Crippen molar-refractivity contribution in [2.45, 2.75) is 37.8 Å². The number of hydrogen-bond acceptors (Lipinski definition) is 6. The lowest BCUT2D eigenvalue weighted by Crippen LogP contribution is -2.42. The van der Waals surface area contributed by atoms with Crippen LogP contribution in [0.25, 0.3) is 21.7 Å². The summed E-state index contributed by atoms with van der Waals surface area (Å²) in [5.41, 5.74) is 7.83. The topological polar surface area (TPSA) is 125 Å². The fourth-order valence-electron chi connectivity index (χ4n) is 4.13. The van der Waals surface area contributed by atoms with Gasteiger partial charge in [0.15, 0.2) is 0 Å². The third kappa shape index (κ3) is 3.31. The minimum atomic E-state index is -0.280. The molecule has 0 aliphatic heterocycles. The fourth-order valence-corrected chi connectivity index (χ4v) is 4.13. The van der Waals surface area contributed by atoms with Crippen LogP contribution in [0.3, 0.4) is 0 Å². The first-order valence-electron chi connectivity index (χ1n) is 9.93. The predicted octanol–water partition coefficient (Wildman–Crippen LogP) is 3.22. The van der Waals surface area contributed by atoms with Crippen LogP contribution in [0.1, 0.15) is 25.7 Å². The first-order chi connectivity index (χ1) is 14.2. The summed E-state index contributed by atoms with van der Waals surface area (Å²) in [7, 11) is 0. The molecule has 0 bridgehead atoms. The van der Waals surface area contributed by atoms with Gasteiger partial charge in [0.05, 0.1) is 22.8 Å². The number of para-hydroxylation sites is 1. The molecule has 4 aromatic rings. The minimum absolute atomic E-state index is 0.0997. The van der Waals surface area contributed by atoms with Crippen molar-refractivity contribution < 1.29 is 0 Å². The van der Waals surface area contributed by atoms with Crippen molar-refractivity contribution in [1.82, 2.24) is 20.2 Å². The SMILES string of the molecule is NC1CCCC[C@H]1Nc1cc2cn[nH]c(=O)c2c(Nc2cccc3cc[nH]c23)n1. The average Bonchev–Trinajstić information content (AvgIpc) is 3.20. The van der Waals surface area contributed by atoms with E-state index in [1.54, 1.807) is 6.20 Å². The van der Waals surface area contributed by atoms with Crippen molar-refractivity contribution >= 4 is 39.0 Å². The van der Waals surface area contributed by atoms with E-state index in [4.69, 9.17) is 10.7 Å². The van der Waals surface area contributed by atoms with Crippen molar-refractivity contribution in [3.63, 3.8) is 0 Å². The number of fused-ring (bicyclic) bond motifs is 2. The summed E-state index contributed by atoms with van der Waals surface area (Å²) in [6.45, 7) is 0. The second-order valence-corrected chi connectivity index (χ2v) is 7.59. The van der Waals surface area contributed by atoms with Gasteiger partial charge < -0.3 is 21.4 Å². The quantitative estimate of drug-likeness (QED) is 0.365. The summed E-state index contributed by atoms with van der Waals surface area (Å²) in [6, 6.07) is 10.1. The lowest BCUT2D eigenvalue weighted by molar-refractivity contribution is 0.403. The number of nitrogens with zero attached hydrogens (tertiary/aromatic N) is 2. The zero-order valence-electron chi connectivity index (χ0n) is 15.9. The number of H-pyrrole nitrogens is 2. The van der Waals surface area contributed by atoms with Crippen LogP contribution in [0, 0.1) is 0 Å². The highest BCUT2D eigenvalue weighted by atomic mass is 16.1. The first-order valence-corrected chi connectivity index (χ1v) is 9.93. The van der Waals surface area contributed by atoms with Crippen molar-refractivity contribution in [2.24, 2.45) is 5.73 Å². The Morgan fingerprint density at radius 3 is 2.93 bits per heavy atom. The van der Waals surface area contributed by atoms with E-state index in [1.165, 1.54) is 0 Å². The molecule has 1 unspecified atom stereocenters. The number of aromatic nitrogens is 4. The van der Waals surface area contributed by atoms with Crippen molar-refractivity contribution in [2.75, 3.05) is 10.6 Å². The van der Waals surface area contributed by atoms with Gasteiger partial charge in [-0.1, -0.05) is 25.0 Å². The molecule has 0 radical (unpaired) electrons. The van der Waals surface area contributed by atoms with E-state index in [-0.39, 0.29) is 17.6 Å². The molecule has 8 heteroatoms. The zero-order chi connectivity index (χ0) is 19.8. The van der Waals surface area contributed by atoms with Gasteiger partial charge in [-0.2, -0.15) is 5.10 Å². The van der Waals surface area contributed by atoms with Gasteiger partial charge in [-0.15, -0.1) is 0 Å². The molecule has 0 saturated heterocycles. The van der Waals surface area contributed by atoms with E-state index >= 15 is 0 Å². The average molecular weight is 389 g/mol. The number of nitrogens with two attached hydrogens (primary N) is 1. The van der Waals surface area contributed by atoms with E-state index in [0.717, 1.165) is 47.7 Å². The molecule has 1 saturated carbocycles. The molecular weight excluding hydrogens is 366 g/mol. The van der Waals surface area contributed by atoms with Crippen LogP contribution in [-0.4, -0.2) is 32.2 Å². The van der Waals surface area contributed by atoms with Gasteiger partial charge in [0.2, 0.25) is 0 Å². The standard InChI is InChI=1S/C21H23N7O/c22-14-5-1-2-6-15(14)25-17-10-13-11-24-28-21(29)18(13)20(27-17)26-16-7-3-4-12-8-9-23-19(12)16/h3-4,7-11,14-15,23H,1-2,5-6,22H2,(H,28,29)(H2,25,26,27)/t14?,15-/m1/s1. The second-order valence-electron chi connectivity index (χ2n) is 7.59. The largest absolute Gasteiger partial charge is 0.366 e. The Morgan fingerprint density at radius 1 is 1.14 bits per heavy atom. The highest BCUT2D eigenvalue weighted by Crippen LogP contribution is 2.29. The summed E-state index contributed by atoms with van der Waals surface area (Å²) in [5, 5.41) is 15.6. The highest BCUT2D eigenvalue weighted by molar-refractivity contribution is 5.98. The van der Waals surface area contributed by atoms with Crippen LogP contribution in [0.5, 0.6) is 0 Å². The predicted molar refractivity (Wildman–Crippen MR) is 116 cm³/mol. The third-order valence-corrected chi connectivity index (χ3v) is 5.64. The van der Waals surface area contributed by atoms with Gasteiger partial charge in [-0.05, 0) is 31.0 Å². The molecule has 5 rings (SSSR count). The van der Waals surface area contributed by atoms with Crippen LogP contribution in [0.15, 0.2) is 47.5 Å². The number of hydrogen-bond donors (Lipinski definition) is 5. The molecule has 1 aliphatic rings. The Hall–Kier alpha value is -3.39. The molecule has 1 aliphatic carbocycles. The van der Waals surface area contributed by atoms with Crippen LogP contribution in [0.2, 0.25) is 0 Å². The smallest absolute Gasteiger partial charge is 0.275 e. The molecule has 8 nitrogen and oxygen atoms in total. The van der Waals surface area contributed by atoms with E-state index in [1.807, 2.05) is 36.5 Å². The molecule has 3 heterocycles. The minimum Gasteiger partial charge on any atom is -0.366 e. The molecule has 3 aromatic heterocycles. The molecule has 2 atom stereocenters. The van der Waals surface area contributed by atoms with E-state index in [2.05, 4.69) is 25.8 Å². The number of aromatic amines is 2. The lowest BCUT2D eigenvalue weighted by Gasteiger charge is -2.30. The summed E-state index contributed by atoms with van der Waals surface area (Å²) in [6.07, 6.45) is 7.87. The number of rotatable bonds is 4. The first kappa shape index (κ1) is 17.7. The van der Waals surface area contributed by atoms with E-state index in [0.29, 0.717) is 17.0 Å². The summed E-state index contributed by atoms with van der Waals surface area (Å²) in [4.78, 5) is 20.5. The Morgan fingerprint density at radius 2 is 2.03 bits per heavy atom. The zero-order valence-corrected chi connectivity index (χ0v) is 15.9. The molecular formula is C21H23N7O. The Labute approximate surface area is 166 Å². The Balaban J connectivity index is 1.59. The Bertz CT molecular complexity index is 1230. The monoisotopic (exact) mass is 389 g/mol. The van der Waals surface area contributed by atoms with Gasteiger partial charge in [-0.25, -0.2) is 10.1 Å². The van der Waals surface area contributed by atoms with E-state index in [9.17, 15) is 4.79 Å². The third-order valence-electron chi connectivity index (χ3n) is 5.64. The van der Waals surface area contributed by atoms with Gasteiger partial charge in [0.25, 0.3) is 5.56 Å². The van der Waals surface area contributed by atoms with Crippen molar-refractivity contribution in [1.29, 1.82) is 0 Å². The molecule has 148 valence electrons. The number of benzene rings is 1. The van der Waals surface area contributed by atoms with Gasteiger partial charge >= 0.3 is 0 Å². The molecule has 6 N–H and O–H groups in total. The van der Waals surface area contributed by atoms with Crippen LogP contribution in [0.4, 0.5) is 17.3 Å². The Kier molecular flexibility index (Phi) is 4.40. The molecule has 1 fully saturated rings. The number of pyridine rings is 1.